The lowest BCUT2D eigenvalue weighted by Gasteiger charge is -2.10. The van der Waals surface area contributed by atoms with Crippen LogP contribution in [0.3, 0.4) is 0 Å². The van der Waals surface area contributed by atoms with Crippen molar-refractivity contribution < 1.29 is 15.0 Å². The summed E-state index contributed by atoms with van der Waals surface area (Å²) in [7, 11) is 0. The Kier molecular flexibility index (Phi) is 3.40. The van der Waals surface area contributed by atoms with Crippen molar-refractivity contribution in [3.63, 3.8) is 0 Å². The van der Waals surface area contributed by atoms with Crippen LogP contribution in [0.15, 0.2) is 12.3 Å². The summed E-state index contributed by atoms with van der Waals surface area (Å²) in [5, 5.41) is 17.8. The quantitative estimate of drug-likeness (QED) is 0.681. The molecular formula is C8H9ClN2O3. The second-order valence-electron chi connectivity index (χ2n) is 2.69. The van der Waals surface area contributed by atoms with E-state index in [4.69, 9.17) is 27.5 Å². The minimum Gasteiger partial charge on any atom is -0.477 e. The Bertz CT molecular complexity index is 356. The first-order chi connectivity index (χ1) is 6.56. The van der Waals surface area contributed by atoms with Crippen LogP contribution in [0.5, 0.6) is 0 Å². The predicted molar refractivity (Wildman–Crippen MR) is 50.2 cm³/mol. The Hall–Kier alpha value is -1.17. The molecule has 1 aromatic heterocycles. The van der Waals surface area contributed by atoms with Gasteiger partial charge in [0.15, 0.2) is 5.69 Å². The molecule has 1 aromatic rings. The molecule has 6 heteroatoms. The van der Waals surface area contributed by atoms with Gasteiger partial charge in [0.05, 0.1) is 17.7 Å². The first-order valence-electron chi connectivity index (χ1n) is 3.81. The fourth-order valence-electron chi connectivity index (χ4n) is 1.01. The molecule has 0 aliphatic rings. The van der Waals surface area contributed by atoms with Crippen LogP contribution >= 0.6 is 11.6 Å². The molecular weight excluding hydrogens is 208 g/mol. The van der Waals surface area contributed by atoms with Gasteiger partial charge in [-0.15, -0.1) is 0 Å². The van der Waals surface area contributed by atoms with Crippen molar-refractivity contribution in [2.24, 2.45) is 5.73 Å². The van der Waals surface area contributed by atoms with Gasteiger partial charge in [0, 0.05) is 11.8 Å². The number of nitrogens with zero attached hydrogens (tertiary/aromatic N) is 1. The number of aliphatic hydroxyl groups is 1. The Morgan fingerprint density at radius 1 is 1.71 bits per heavy atom. The fourth-order valence-corrected chi connectivity index (χ4v) is 1.18. The van der Waals surface area contributed by atoms with Crippen LogP contribution in [-0.2, 0) is 0 Å². The van der Waals surface area contributed by atoms with E-state index in [1.807, 2.05) is 0 Å². The first kappa shape index (κ1) is 10.9. The van der Waals surface area contributed by atoms with Gasteiger partial charge in [0.2, 0.25) is 0 Å². The number of halogens is 1. The number of carboxylic acid groups (broad SMARTS) is 1. The number of rotatable bonds is 3. The standard InChI is InChI=1S/C8H9ClN2O3/c9-4-1-5(6(10)3-12)7(8(13)14)11-2-4/h1-2,6,12H,3,10H2,(H,13,14). The predicted octanol–water partition coefficient (Wildman–Crippen LogP) is 0.425. The van der Waals surface area contributed by atoms with Gasteiger partial charge in [-0.1, -0.05) is 11.6 Å². The van der Waals surface area contributed by atoms with Crippen molar-refractivity contribution in [3.8, 4) is 0 Å². The SMILES string of the molecule is NC(CO)c1cc(Cl)cnc1C(=O)O. The van der Waals surface area contributed by atoms with E-state index < -0.39 is 12.0 Å². The molecule has 0 saturated carbocycles. The van der Waals surface area contributed by atoms with E-state index in [1.165, 1.54) is 12.3 Å². The Morgan fingerprint density at radius 3 is 2.86 bits per heavy atom. The molecule has 1 unspecified atom stereocenters. The summed E-state index contributed by atoms with van der Waals surface area (Å²) >= 11 is 5.63. The third-order valence-corrected chi connectivity index (χ3v) is 1.89. The molecule has 0 aromatic carbocycles. The van der Waals surface area contributed by atoms with Crippen LogP contribution in [0.25, 0.3) is 0 Å². The number of carboxylic acids is 1. The highest BCUT2D eigenvalue weighted by molar-refractivity contribution is 6.30. The van der Waals surface area contributed by atoms with E-state index in [-0.39, 0.29) is 22.9 Å². The summed E-state index contributed by atoms with van der Waals surface area (Å²) in [5.74, 6) is -1.19. The number of nitrogens with two attached hydrogens (primary N) is 1. The zero-order chi connectivity index (χ0) is 10.7. The molecule has 0 spiro atoms. The van der Waals surface area contributed by atoms with Gasteiger partial charge >= 0.3 is 5.97 Å². The molecule has 0 amide bonds. The Labute approximate surface area is 85.1 Å². The summed E-state index contributed by atoms with van der Waals surface area (Å²) < 4.78 is 0. The topological polar surface area (TPSA) is 96.4 Å². The minimum absolute atomic E-state index is 0.184. The summed E-state index contributed by atoms with van der Waals surface area (Å²) in [6, 6.07) is 0.603. The van der Waals surface area contributed by atoms with Crippen molar-refractivity contribution in [1.82, 2.24) is 4.98 Å². The molecule has 4 N–H and O–H groups in total. The van der Waals surface area contributed by atoms with Gasteiger partial charge < -0.3 is 15.9 Å². The van der Waals surface area contributed by atoms with Crippen LogP contribution in [0.2, 0.25) is 5.02 Å². The van der Waals surface area contributed by atoms with Crippen LogP contribution in [0.4, 0.5) is 0 Å². The summed E-state index contributed by atoms with van der Waals surface area (Å²) in [5.41, 5.74) is 5.53. The van der Waals surface area contributed by atoms with Crippen molar-refractivity contribution >= 4 is 17.6 Å². The van der Waals surface area contributed by atoms with E-state index in [1.54, 1.807) is 0 Å². The highest BCUT2D eigenvalue weighted by atomic mass is 35.5. The smallest absolute Gasteiger partial charge is 0.354 e. The monoisotopic (exact) mass is 216 g/mol. The van der Waals surface area contributed by atoms with Gasteiger partial charge in [0.1, 0.15) is 0 Å². The van der Waals surface area contributed by atoms with E-state index in [9.17, 15) is 4.79 Å². The molecule has 0 saturated heterocycles. The maximum atomic E-state index is 10.7. The van der Waals surface area contributed by atoms with Gasteiger partial charge in [-0.05, 0) is 6.07 Å². The van der Waals surface area contributed by atoms with Crippen molar-refractivity contribution in [2.75, 3.05) is 6.61 Å². The number of aliphatic hydroxyl groups excluding tert-OH is 1. The zero-order valence-electron chi connectivity index (χ0n) is 7.14. The maximum absolute atomic E-state index is 10.7. The number of hydrogen-bond donors (Lipinski definition) is 3. The molecule has 1 heterocycles. The number of pyridine rings is 1. The normalized spacial score (nSPS) is 12.5. The highest BCUT2D eigenvalue weighted by Gasteiger charge is 2.17. The summed E-state index contributed by atoms with van der Waals surface area (Å²) in [6.45, 7) is -0.359. The first-order valence-corrected chi connectivity index (χ1v) is 4.19. The van der Waals surface area contributed by atoms with Gasteiger partial charge in [-0.25, -0.2) is 9.78 Å². The Morgan fingerprint density at radius 2 is 2.36 bits per heavy atom. The molecule has 0 aliphatic heterocycles. The summed E-state index contributed by atoms with van der Waals surface area (Å²) in [6.07, 6.45) is 1.22. The second-order valence-corrected chi connectivity index (χ2v) is 3.12. The lowest BCUT2D eigenvalue weighted by molar-refractivity contribution is 0.0688. The average Bonchev–Trinajstić information content (AvgIpc) is 2.16. The van der Waals surface area contributed by atoms with E-state index in [2.05, 4.69) is 4.98 Å². The molecule has 1 atom stereocenters. The number of aromatic carboxylic acids is 1. The third kappa shape index (κ3) is 2.20. The zero-order valence-corrected chi connectivity index (χ0v) is 7.90. The summed E-state index contributed by atoms with van der Waals surface area (Å²) in [4.78, 5) is 14.3. The third-order valence-electron chi connectivity index (χ3n) is 1.68. The molecule has 14 heavy (non-hydrogen) atoms. The molecule has 5 nitrogen and oxygen atoms in total. The molecule has 76 valence electrons. The van der Waals surface area contributed by atoms with Crippen molar-refractivity contribution in [2.45, 2.75) is 6.04 Å². The van der Waals surface area contributed by atoms with Gasteiger partial charge in [-0.3, -0.25) is 0 Å². The van der Waals surface area contributed by atoms with E-state index in [0.717, 1.165) is 0 Å². The second kappa shape index (κ2) is 4.36. The minimum atomic E-state index is -1.19. The molecule has 0 radical (unpaired) electrons. The molecule has 0 fully saturated rings. The average molecular weight is 217 g/mol. The van der Waals surface area contributed by atoms with Crippen LogP contribution < -0.4 is 5.73 Å². The molecule has 0 aliphatic carbocycles. The van der Waals surface area contributed by atoms with Crippen LogP contribution in [-0.4, -0.2) is 27.8 Å². The van der Waals surface area contributed by atoms with E-state index in [0.29, 0.717) is 0 Å². The van der Waals surface area contributed by atoms with Crippen molar-refractivity contribution in [1.29, 1.82) is 0 Å². The largest absolute Gasteiger partial charge is 0.477 e. The van der Waals surface area contributed by atoms with Gasteiger partial charge in [0.25, 0.3) is 0 Å². The molecule has 1 rings (SSSR count). The lowest BCUT2D eigenvalue weighted by atomic mass is 10.1. The Balaban J connectivity index is 3.22. The molecule has 0 bridgehead atoms. The van der Waals surface area contributed by atoms with Crippen LogP contribution in [0, 0.1) is 0 Å². The van der Waals surface area contributed by atoms with Crippen molar-refractivity contribution in [3.05, 3.63) is 28.5 Å². The number of carbonyl (C=O) groups is 1. The highest BCUT2D eigenvalue weighted by Crippen LogP contribution is 2.18. The maximum Gasteiger partial charge on any atom is 0.354 e. The van der Waals surface area contributed by atoms with E-state index >= 15 is 0 Å². The van der Waals surface area contributed by atoms with Crippen LogP contribution in [0.1, 0.15) is 22.1 Å². The number of hydrogen-bond acceptors (Lipinski definition) is 4. The lowest BCUT2D eigenvalue weighted by Crippen LogP contribution is -2.19. The number of aromatic nitrogens is 1. The van der Waals surface area contributed by atoms with Gasteiger partial charge in [-0.2, -0.15) is 0 Å². The fraction of sp³-hybridized carbons (Fsp3) is 0.250.